The first-order valence-corrected chi connectivity index (χ1v) is 7.79. The summed E-state index contributed by atoms with van der Waals surface area (Å²) < 4.78 is 48.1. The molecule has 0 bridgehead atoms. The van der Waals surface area contributed by atoms with Gasteiger partial charge in [-0.1, -0.05) is 0 Å². The van der Waals surface area contributed by atoms with Crippen LogP contribution < -0.4 is 10.1 Å². The molecule has 132 valence electrons. The van der Waals surface area contributed by atoms with Gasteiger partial charge in [-0.25, -0.2) is 13.2 Å². The number of methoxy groups -OCH3 is 1. The van der Waals surface area contributed by atoms with Crippen molar-refractivity contribution in [1.29, 1.82) is 0 Å². The largest absolute Gasteiger partial charge is 0.493 e. The van der Waals surface area contributed by atoms with Gasteiger partial charge in [-0.2, -0.15) is 0 Å². The van der Waals surface area contributed by atoms with Crippen LogP contribution >= 0.6 is 0 Å². The Morgan fingerprint density at radius 2 is 2.17 bits per heavy atom. The van der Waals surface area contributed by atoms with E-state index in [-0.39, 0.29) is 18.0 Å². The third kappa shape index (κ3) is 2.95. The smallest absolute Gasteiger partial charge is 0.325 e. The van der Waals surface area contributed by atoms with Gasteiger partial charge in [0, 0.05) is 36.8 Å². The highest BCUT2D eigenvalue weighted by molar-refractivity contribution is 5.77. The summed E-state index contributed by atoms with van der Waals surface area (Å²) in [7, 11) is 1.20. The lowest BCUT2D eigenvalue weighted by Crippen LogP contribution is -2.34. The van der Waals surface area contributed by atoms with E-state index in [1.54, 1.807) is 4.90 Å². The van der Waals surface area contributed by atoms with Gasteiger partial charge in [0.25, 0.3) is 5.92 Å². The number of hydrogen-bond donors (Lipinski definition) is 2. The van der Waals surface area contributed by atoms with Crippen LogP contribution in [0.2, 0.25) is 0 Å². The van der Waals surface area contributed by atoms with Crippen molar-refractivity contribution < 1.29 is 27.8 Å². The molecule has 0 spiro atoms. The molecule has 0 aromatic heterocycles. The van der Waals surface area contributed by atoms with Crippen LogP contribution in [0.5, 0.6) is 5.75 Å². The molecule has 1 unspecified atom stereocenters. The number of ether oxygens (including phenoxy) is 1. The van der Waals surface area contributed by atoms with Gasteiger partial charge in [-0.15, -0.1) is 0 Å². The van der Waals surface area contributed by atoms with E-state index in [1.807, 2.05) is 0 Å². The van der Waals surface area contributed by atoms with Gasteiger partial charge >= 0.3 is 5.97 Å². The van der Waals surface area contributed by atoms with Crippen molar-refractivity contribution in [3.63, 3.8) is 0 Å². The predicted molar refractivity (Wildman–Crippen MR) is 79.5 cm³/mol. The minimum atomic E-state index is -3.17. The fourth-order valence-electron chi connectivity index (χ4n) is 3.14. The van der Waals surface area contributed by atoms with Crippen LogP contribution in [0.4, 0.5) is 13.2 Å². The Balaban J connectivity index is 2.09. The van der Waals surface area contributed by atoms with Crippen LogP contribution in [-0.4, -0.2) is 42.8 Å². The molecule has 2 aliphatic rings. The molecule has 2 N–H and O–H groups in total. The SMILES string of the molecule is COc1c(F)cc(C(F)(F)C2CC2)cc1C(C(=O)O)N1CCNC1. The quantitative estimate of drug-likeness (QED) is 0.829. The molecule has 0 radical (unpaired) electrons. The van der Waals surface area contributed by atoms with E-state index in [4.69, 9.17) is 4.74 Å². The van der Waals surface area contributed by atoms with Gasteiger partial charge < -0.3 is 15.2 Å². The summed E-state index contributed by atoms with van der Waals surface area (Å²) in [4.78, 5) is 13.3. The van der Waals surface area contributed by atoms with Crippen LogP contribution in [0.15, 0.2) is 12.1 Å². The molecule has 0 amide bonds. The second-order valence-corrected chi connectivity index (χ2v) is 6.19. The number of rotatable bonds is 6. The number of carboxylic acids is 1. The molecule has 1 aliphatic heterocycles. The summed E-state index contributed by atoms with van der Waals surface area (Å²) in [5.74, 6) is -6.49. The van der Waals surface area contributed by atoms with E-state index in [1.165, 1.54) is 7.11 Å². The first-order valence-electron chi connectivity index (χ1n) is 7.79. The molecule has 2 fully saturated rings. The van der Waals surface area contributed by atoms with Crippen LogP contribution in [0.25, 0.3) is 0 Å². The average Bonchev–Trinajstić information content (AvgIpc) is 3.26. The fourth-order valence-corrected chi connectivity index (χ4v) is 3.14. The van der Waals surface area contributed by atoms with Crippen molar-refractivity contribution in [2.24, 2.45) is 5.92 Å². The van der Waals surface area contributed by atoms with Crippen LogP contribution in [0, 0.1) is 11.7 Å². The van der Waals surface area contributed by atoms with Crippen molar-refractivity contribution in [2.75, 3.05) is 26.9 Å². The molecule has 1 saturated heterocycles. The lowest BCUT2D eigenvalue weighted by atomic mass is 9.96. The van der Waals surface area contributed by atoms with E-state index in [2.05, 4.69) is 5.32 Å². The highest BCUT2D eigenvalue weighted by Crippen LogP contribution is 2.51. The molecule has 8 heteroatoms. The maximum atomic E-state index is 14.4. The standard InChI is InChI=1S/C16H19F3N2O3/c1-24-14-11(13(15(22)23)21-5-4-20-8-21)6-10(7-12(14)17)16(18,19)9-2-3-9/h6-7,9,13,20H,2-5,8H2,1H3,(H,22,23). The molecule has 1 aromatic carbocycles. The van der Waals surface area contributed by atoms with Gasteiger partial charge in [0.15, 0.2) is 11.6 Å². The van der Waals surface area contributed by atoms with Crippen molar-refractivity contribution in [2.45, 2.75) is 24.8 Å². The highest BCUT2D eigenvalue weighted by Gasteiger charge is 2.49. The summed E-state index contributed by atoms with van der Waals surface area (Å²) in [5, 5.41) is 12.6. The zero-order valence-electron chi connectivity index (χ0n) is 13.2. The van der Waals surface area contributed by atoms with Crippen molar-refractivity contribution in [3.05, 3.63) is 29.1 Å². The highest BCUT2D eigenvalue weighted by atomic mass is 19.3. The molecule has 1 aromatic rings. The molecule has 1 aliphatic carbocycles. The minimum Gasteiger partial charge on any atom is -0.493 e. The van der Waals surface area contributed by atoms with Crippen molar-refractivity contribution in [1.82, 2.24) is 10.2 Å². The Hall–Kier alpha value is -1.80. The summed E-state index contributed by atoms with van der Waals surface area (Å²) >= 11 is 0. The van der Waals surface area contributed by atoms with Crippen molar-refractivity contribution >= 4 is 5.97 Å². The van der Waals surface area contributed by atoms with Gasteiger partial charge in [0.1, 0.15) is 6.04 Å². The second-order valence-electron chi connectivity index (χ2n) is 6.19. The number of nitrogens with one attached hydrogen (secondary N) is 1. The molecule has 5 nitrogen and oxygen atoms in total. The van der Waals surface area contributed by atoms with Gasteiger partial charge in [-0.05, 0) is 25.0 Å². The maximum absolute atomic E-state index is 14.4. The number of alkyl halides is 2. The number of hydrogen-bond acceptors (Lipinski definition) is 4. The van der Waals surface area contributed by atoms with E-state index in [0.717, 1.165) is 12.1 Å². The summed E-state index contributed by atoms with van der Waals surface area (Å²) in [5.41, 5.74) is -0.569. The lowest BCUT2D eigenvalue weighted by Gasteiger charge is -2.26. The van der Waals surface area contributed by atoms with Crippen LogP contribution in [-0.2, 0) is 10.7 Å². The Morgan fingerprint density at radius 3 is 2.67 bits per heavy atom. The van der Waals surface area contributed by atoms with Gasteiger partial charge in [0.05, 0.1) is 7.11 Å². The molecular formula is C16H19F3N2O3. The normalized spacial score (nSPS) is 20.2. The van der Waals surface area contributed by atoms with Crippen LogP contribution in [0.1, 0.15) is 30.0 Å². The lowest BCUT2D eigenvalue weighted by molar-refractivity contribution is -0.143. The number of benzene rings is 1. The Labute approximate surface area is 137 Å². The molecular weight excluding hydrogens is 325 g/mol. The number of carboxylic acid groups (broad SMARTS) is 1. The summed E-state index contributed by atoms with van der Waals surface area (Å²) in [6, 6.07) is 0.582. The third-order valence-corrected chi connectivity index (χ3v) is 4.54. The average molecular weight is 344 g/mol. The van der Waals surface area contributed by atoms with Crippen molar-refractivity contribution in [3.8, 4) is 5.75 Å². The minimum absolute atomic E-state index is 0.0796. The van der Waals surface area contributed by atoms with E-state index < -0.39 is 35.2 Å². The van der Waals surface area contributed by atoms with E-state index in [0.29, 0.717) is 25.9 Å². The predicted octanol–water partition coefficient (Wildman–Crippen LogP) is 2.32. The molecule has 1 atom stereocenters. The maximum Gasteiger partial charge on any atom is 0.325 e. The Bertz CT molecular complexity index is 644. The Kier molecular flexibility index (Phi) is 4.44. The zero-order chi connectivity index (χ0) is 17.5. The molecule has 24 heavy (non-hydrogen) atoms. The first kappa shape index (κ1) is 17.0. The van der Waals surface area contributed by atoms with E-state index >= 15 is 0 Å². The van der Waals surface area contributed by atoms with E-state index in [9.17, 15) is 23.1 Å². The number of nitrogens with zero attached hydrogens (tertiary/aromatic N) is 1. The summed E-state index contributed by atoms with van der Waals surface area (Å²) in [6.45, 7) is 1.28. The topological polar surface area (TPSA) is 61.8 Å². The van der Waals surface area contributed by atoms with Crippen LogP contribution in [0.3, 0.4) is 0 Å². The number of halogens is 3. The summed E-state index contributed by atoms with van der Waals surface area (Å²) in [6.07, 6.45) is 0.767. The molecule has 1 heterocycles. The fraction of sp³-hybridized carbons (Fsp3) is 0.562. The third-order valence-electron chi connectivity index (χ3n) is 4.54. The number of aliphatic carboxylic acids is 1. The van der Waals surface area contributed by atoms with Gasteiger partial charge in [-0.3, -0.25) is 9.69 Å². The van der Waals surface area contributed by atoms with Gasteiger partial charge in [0.2, 0.25) is 0 Å². The monoisotopic (exact) mass is 344 g/mol. The first-order chi connectivity index (χ1) is 11.4. The second kappa shape index (κ2) is 6.25. The Morgan fingerprint density at radius 1 is 1.46 bits per heavy atom. The molecule has 3 rings (SSSR count). The zero-order valence-corrected chi connectivity index (χ0v) is 13.2. The molecule has 1 saturated carbocycles. The number of carbonyl (C=O) groups is 1.